The van der Waals surface area contributed by atoms with Crippen LogP contribution in [0.15, 0.2) is 36.7 Å². The summed E-state index contributed by atoms with van der Waals surface area (Å²) in [6.45, 7) is 0. The molecule has 0 atom stereocenters. The third kappa shape index (κ3) is 2.89. The number of hydrogen-bond acceptors (Lipinski definition) is 4. The topological polar surface area (TPSA) is 63.8 Å². The summed E-state index contributed by atoms with van der Waals surface area (Å²) in [5.41, 5.74) is 6.82. The van der Waals surface area contributed by atoms with Gasteiger partial charge < -0.3 is 11.1 Å². The van der Waals surface area contributed by atoms with Crippen LogP contribution in [-0.4, -0.2) is 15.0 Å². The summed E-state index contributed by atoms with van der Waals surface area (Å²) in [6, 6.07) is 7.27. The fourth-order valence-corrected chi connectivity index (χ4v) is 1.65. The molecule has 17 heavy (non-hydrogen) atoms. The monoisotopic (exact) mass is 264 g/mol. The van der Waals surface area contributed by atoms with Gasteiger partial charge in [-0.1, -0.05) is 29.9 Å². The molecule has 0 fully saturated rings. The molecule has 86 valence electrons. The van der Waals surface area contributed by atoms with Gasteiger partial charge >= 0.3 is 0 Å². The SMILES string of the molecule is NC(=S)c1nccnc1Nc1cccc(Cl)c1. The molecular formula is C11H9ClN4S. The number of hydrogen-bond donors (Lipinski definition) is 2. The molecule has 3 N–H and O–H groups in total. The van der Waals surface area contributed by atoms with Gasteiger partial charge in [0, 0.05) is 23.1 Å². The summed E-state index contributed by atoms with van der Waals surface area (Å²) in [7, 11) is 0. The van der Waals surface area contributed by atoms with Crippen molar-refractivity contribution >= 4 is 40.3 Å². The van der Waals surface area contributed by atoms with Gasteiger partial charge in [0.1, 0.15) is 10.7 Å². The molecule has 0 amide bonds. The summed E-state index contributed by atoms with van der Waals surface area (Å²) < 4.78 is 0. The maximum atomic E-state index is 5.89. The molecule has 1 aromatic heterocycles. The lowest BCUT2D eigenvalue weighted by molar-refractivity contribution is 1.18. The van der Waals surface area contributed by atoms with Gasteiger partial charge in [0.05, 0.1) is 0 Å². The van der Waals surface area contributed by atoms with Crippen LogP contribution in [0.1, 0.15) is 5.69 Å². The third-order valence-electron chi connectivity index (χ3n) is 2.02. The zero-order valence-corrected chi connectivity index (χ0v) is 10.3. The van der Waals surface area contributed by atoms with E-state index in [0.717, 1.165) is 5.69 Å². The van der Waals surface area contributed by atoms with Crippen molar-refractivity contribution in [3.63, 3.8) is 0 Å². The van der Waals surface area contributed by atoms with Crippen LogP contribution in [0.2, 0.25) is 5.02 Å². The smallest absolute Gasteiger partial charge is 0.159 e. The molecule has 6 heteroatoms. The lowest BCUT2D eigenvalue weighted by Gasteiger charge is -2.08. The standard InChI is InChI=1S/C11H9ClN4S/c12-7-2-1-3-8(6-7)16-11-9(10(13)17)14-4-5-15-11/h1-6H,(H2,13,17)(H,15,16). The lowest BCUT2D eigenvalue weighted by atomic mass is 10.3. The number of nitrogens with two attached hydrogens (primary N) is 1. The second-order valence-electron chi connectivity index (χ2n) is 3.25. The van der Waals surface area contributed by atoms with Gasteiger partial charge in [-0.2, -0.15) is 0 Å². The minimum absolute atomic E-state index is 0.197. The van der Waals surface area contributed by atoms with Gasteiger partial charge in [0.2, 0.25) is 0 Å². The van der Waals surface area contributed by atoms with E-state index >= 15 is 0 Å². The van der Waals surface area contributed by atoms with Crippen molar-refractivity contribution in [3.8, 4) is 0 Å². The largest absolute Gasteiger partial charge is 0.388 e. The van der Waals surface area contributed by atoms with Gasteiger partial charge in [-0.3, -0.25) is 0 Å². The molecule has 2 aromatic rings. The Bertz CT molecular complexity index is 559. The van der Waals surface area contributed by atoms with Gasteiger partial charge in [-0.05, 0) is 18.2 Å². The van der Waals surface area contributed by atoms with Gasteiger partial charge in [-0.25, -0.2) is 9.97 Å². The van der Waals surface area contributed by atoms with Crippen LogP contribution in [0, 0.1) is 0 Å². The van der Waals surface area contributed by atoms with E-state index in [4.69, 9.17) is 29.6 Å². The predicted octanol–water partition coefficient (Wildman–Crippen LogP) is 2.51. The predicted molar refractivity (Wildman–Crippen MR) is 72.7 cm³/mol. The van der Waals surface area contributed by atoms with E-state index < -0.39 is 0 Å². The summed E-state index contributed by atoms with van der Waals surface area (Å²) in [5, 5.41) is 3.70. The van der Waals surface area contributed by atoms with Crippen molar-refractivity contribution in [2.75, 3.05) is 5.32 Å². The summed E-state index contributed by atoms with van der Waals surface area (Å²) >= 11 is 10.8. The molecule has 1 heterocycles. The van der Waals surface area contributed by atoms with Gasteiger partial charge in [0.15, 0.2) is 5.82 Å². The highest BCUT2D eigenvalue weighted by molar-refractivity contribution is 7.80. The number of aromatic nitrogens is 2. The van der Waals surface area contributed by atoms with E-state index in [1.165, 1.54) is 6.20 Å². The summed E-state index contributed by atoms with van der Waals surface area (Å²) in [5.74, 6) is 0.516. The number of halogens is 1. The third-order valence-corrected chi connectivity index (χ3v) is 2.45. The Morgan fingerprint density at radius 1 is 1.29 bits per heavy atom. The van der Waals surface area contributed by atoms with Crippen molar-refractivity contribution in [1.82, 2.24) is 9.97 Å². The Hall–Kier alpha value is -1.72. The van der Waals surface area contributed by atoms with Gasteiger partial charge in [0.25, 0.3) is 0 Å². The number of thiocarbonyl (C=S) groups is 1. The van der Waals surface area contributed by atoms with Gasteiger partial charge in [-0.15, -0.1) is 0 Å². The zero-order chi connectivity index (χ0) is 12.3. The van der Waals surface area contributed by atoms with E-state index in [9.17, 15) is 0 Å². The molecule has 0 saturated heterocycles. The Morgan fingerprint density at radius 2 is 2.06 bits per heavy atom. The second kappa shape index (κ2) is 5.07. The number of anilines is 2. The molecule has 4 nitrogen and oxygen atoms in total. The Labute approximate surface area is 109 Å². The van der Waals surface area contributed by atoms with E-state index in [2.05, 4.69) is 15.3 Å². The van der Waals surface area contributed by atoms with Crippen molar-refractivity contribution in [2.24, 2.45) is 5.73 Å². The molecule has 0 radical (unpaired) electrons. The Balaban J connectivity index is 2.33. The van der Waals surface area contributed by atoms with Crippen LogP contribution in [-0.2, 0) is 0 Å². The van der Waals surface area contributed by atoms with Crippen LogP contribution in [0.3, 0.4) is 0 Å². The van der Waals surface area contributed by atoms with Crippen LogP contribution >= 0.6 is 23.8 Å². The number of benzene rings is 1. The summed E-state index contributed by atoms with van der Waals surface area (Å²) in [6.07, 6.45) is 3.10. The molecular weight excluding hydrogens is 256 g/mol. The molecule has 0 aliphatic heterocycles. The molecule has 0 spiro atoms. The normalized spacial score (nSPS) is 9.94. The first kappa shape index (κ1) is 11.8. The maximum Gasteiger partial charge on any atom is 0.159 e. The minimum Gasteiger partial charge on any atom is -0.388 e. The van der Waals surface area contributed by atoms with Crippen LogP contribution in [0.5, 0.6) is 0 Å². The first-order valence-electron chi connectivity index (χ1n) is 4.80. The van der Waals surface area contributed by atoms with Crippen LogP contribution in [0.25, 0.3) is 0 Å². The molecule has 0 bridgehead atoms. The second-order valence-corrected chi connectivity index (χ2v) is 4.13. The molecule has 2 rings (SSSR count). The van der Waals surface area contributed by atoms with E-state index in [1.807, 2.05) is 12.1 Å². The molecule has 0 aliphatic rings. The highest BCUT2D eigenvalue weighted by Gasteiger charge is 2.07. The van der Waals surface area contributed by atoms with Crippen molar-refractivity contribution in [1.29, 1.82) is 0 Å². The highest BCUT2D eigenvalue weighted by Crippen LogP contribution is 2.20. The minimum atomic E-state index is 0.197. The fourth-order valence-electron chi connectivity index (χ4n) is 1.31. The first-order valence-corrected chi connectivity index (χ1v) is 5.59. The molecule has 1 aromatic carbocycles. The van der Waals surface area contributed by atoms with E-state index in [-0.39, 0.29) is 4.99 Å². The molecule has 0 unspecified atom stereocenters. The Kier molecular flexibility index (Phi) is 3.51. The van der Waals surface area contributed by atoms with Crippen molar-refractivity contribution in [3.05, 3.63) is 47.4 Å². The van der Waals surface area contributed by atoms with Crippen LogP contribution in [0.4, 0.5) is 11.5 Å². The van der Waals surface area contributed by atoms with E-state index in [1.54, 1.807) is 18.3 Å². The number of nitrogens with one attached hydrogen (secondary N) is 1. The number of rotatable bonds is 3. The maximum absolute atomic E-state index is 5.89. The quantitative estimate of drug-likeness (QED) is 0.834. The van der Waals surface area contributed by atoms with E-state index in [0.29, 0.717) is 16.5 Å². The van der Waals surface area contributed by atoms with Crippen LogP contribution < -0.4 is 11.1 Å². The average molecular weight is 265 g/mol. The van der Waals surface area contributed by atoms with Crippen molar-refractivity contribution in [2.45, 2.75) is 0 Å². The highest BCUT2D eigenvalue weighted by atomic mass is 35.5. The zero-order valence-electron chi connectivity index (χ0n) is 8.72. The lowest BCUT2D eigenvalue weighted by Crippen LogP contribution is -2.14. The Morgan fingerprint density at radius 3 is 2.76 bits per heavy atom. The van der Waals surface area contributed by atoms with Crippen molar-refractivity contribution < 1.29 is 0 Å². The number of nitrogens with zero attached hydrogens (tertiary/aromatic N) is 2. The average Bonchev–Trinajstić information content (AvgIpc) is 2.29. The molecule has 0 saturated carbocycles. The fraction of sp³-hybridized carbons (Fsp3) is 0. The molecule has 0 aliphatic carbocycles. The summed E-state index contributed by atoms with van der Waals surface area (Å²) in [4.78, 5) is 8.41. The first-order chi connectivity index (χ1) is 8.16.